The van der Waals surface area contributed by atoms with Crippen LogP contribution in [-0.2, 0) is 17.6 Å². The van der Waals surface area contributed by atoms with Crippen molar-refractivity contribution in [1.29, 1.82) is 0 Å². The lowest BCUT2D eigenvalue weighted by atomic mass is 9.95. The third-order valence-corrected chi connectivity index (χ3v) is 6.30. The number of benzene rings is 1. The highest BCUT2D eigenvalue weighted by molar-refractivity contribution is 7.16. The van der Waals surface area contributed by atoms with Gasteiger partial charge in [-0.3, -0.25) is 0 Å². The first-order chi connectivity index (χ1) is 13.6. The molecule has 0 atom stereocenters. The van der Waals surface area contributed by atoms with Crippen molar-refractivity contribution in [2.75, 3.05) is 24.6 Å². The normalized spacial score (nSPS) is 13.5. The number of carbonyl (C=O) groups excluding carboxylic acids is 1. The first-order valence-corrected chi connectivity index (χ1v) is 10.8. The molecule has 5 nitrogen and oxygen atoms in total. The van der Waals surface area contributed by atoms with E-state index in [1.165, 1.54) is 4.88 Å². The summed E-state index contributed by atoms with van der Waals surface area (Å²) in [7, 11) is 0. The van der Waals surface area contributed by atoms with Gasteiger partial charge < -0.3 is 14.7 Å². The Labute approximate surface area is 170 Å². The van der Waals surface area contributed by atoms with Crippen LogP contribution in [0.15, 0.2) is 23.2 Å². The van der Waals surface area contributed by atoms with E-state index < -0.39 is 0 Å². The quantitative estimate of drug-likeness (QED) is 0.518. The number of esters is 1. The Balaban J connectivity index is 1.92. The summed E-state index contributed by atoms with van der Waals surface area (Å²) < 4.78 is 5.27. The van der Waals surface area contributed by atoms with Crippen LogP contribution < -0.4 is 4.90 Å². The van der Waals surface area contributed by atoms with Gasteiger partial charge in [0.25, 0.3) is 0 Å². The molecule has 6 heteroatoms. The number of phenolic OH excluding ortho intramolecular Hbond substituents is 1. The minimum atomic E-state index is -0.296. The first-order valence-electron chi connectivity index (χ1n) is 10.0. The molecule has 0 aliphatic heterocycles. The molecular formula is C22H28N2O3S. The van der Waals surface area contributed by atoms with E-state index in [-0.39, 0.29) is 11.7 Å². The number of ether oxygens (including phenoxy) is 1. The smallest absolute Gasteiger partial charge is 0.341 e. The number of carbonyl (C=O) groups is 1. The van der Waals surface area contributed by atoms with Gasteiger partial charge in [-0.25, -0.2) is 9.79 Å². The van der Waals surface area contributed by atoms with Crippen molar-refractivity contribution in [2.45, 2.75) is 46.5 Å². The molecule has 1 aliphatic carbocycles. The van der Waals surface area contributed by atoms with Gasteiger partial charge in [-0.2, -0.15) is 0 Å². The summed E-state index contributed by atoms with van der Waals surface area (Å²) in [6.45, 7) is 8.10. The molecule has 3 rings (SSSR count). The van der Waals surface area contributed by atoms with E-state index in [2.05, 4.69) is 23.7 Å². The molecule has 0 spiro atoms. The van der Waals surface area contributed by atoms with Crippen molar-refractivity contribution in [3.8, 4) is 5.75 Å². The molecule has 2 aromatic rings. The predicted octanol–water partition coefficient (Wildman–Crippen LogP) is 5.11. The van der Waals surface area contributed by atoms with E-state index in [0.717, 1.165) is 50.0 Å². The van der Waals surface area contributed by atoms with Gasteiger partial charge in [0.1, 0.15) is 10.8 Å². The Morgan fingerprint density at radius 3 is 2.68 bits per heavy atom. The maximum atomic E-state index is 12.5. The Bertz CT molecular complexity index is 869. The van der Waals surface area contributed by atoms with E-state index in [0.29, 0.717) is 22.7 Å². The zero-order chi connectivity index (χ0) is 20.1. The Morgan fingerprint density at radius 2 is 2.00 bits per heavy atom. The largest absolute Gasteiger partial charge is 0.507 e. The average molecular weight is 401 g/mol. The molecule has 1 aromatic carbocycles. The Kier molecular flexibility index (Phi) is 6.73. The molecule has 0 amide bonds. The maximum absolute atomic E-state index is 12.5. The van der Waals surface area contributed by atoms with Gasteiger partial charge in [-0.1, -0.05) is 0 Å². The third kappa shape index (κ3) is 4.22. The fourth-order valence-corrected chi connectivity index (χ4v) is 4.83. The average Bonchev–Trinajstić information content (AvgIpc) is 3.07. The number of fused-ring (bicyclic) bond motifs is 1. The minimum absolute atomic E-state index is 0.187. The lowest BCUT2D eigenvalue weighted by molar-refractivity contribution is 0.0526. The van der Waals surface area contributed by atoms with E-state index >= 15 is 0 Å². The van der Waals surface area contributed by atoms with E-state index in [1.807, 2.05) is 19.1 Å². The van der Waals surface area contributed by atoms with Crippen LogP contribution in [-0.4, -0.2) is 37.0 Å². The van der Waals surface area contributed by atoms with E-state index in [1.54, 1.807) is 23.6 Å². The van der Waals surface area contributed by atoms with E-state index in [4.69, 9.17) is 4.74 Å². The molecule has 0 unspecified atom stereocenters. The van der Waals surface area contributed by atoms with Gasteiger partial charge in [0.15, 0.2) is 0 Å². The predicted molar refractivity (Wildman–Crippen MR) is 116 cm³/mol. The van der Waals surface area contributed by atoms with Crippen molar-refractivity contribution < 1.29 is 14.6 Å². The van der Waals surface area contributed by atoms with Crippen LogP contribution >= 0.6 is 11.3 Å². The van der Waals surface area contributed by atoms with Crippen LogP contribution in [0, 0.1) is 0 Å². The van der Waals surface area contributed by atoms with Gasteiger partial charge in [-0.05, 0) is 64.2 Å². The molecule has 0 radical (unpaired) electrons. The van der Waals surface area contributed by atoms with Crippen LogP contribution in [0.5, 0.6) is 5.75 Å². The summed E-state index contributed by atoms with van der Waals surface area (Å²) >= 11 is 1.57. The standard InChI is InChI=1S/C22H28N2O3S/c1-4-24(5-2)16-12-11-15(18(25)13-16)14-23-21-20(22(26)27-6-3)17-9-7-8-10-19(17)28-21/h11-14,25H,4-10H2,1-3H3. The van der Waals surface area contributed by atoms with Gasteiger partial charge in [0.05, 0.1) is 12.2 Å². The van der Waals surface area contributed by atoms with Crippen molar-refractivity contribution in [1.82, 2.24) is 0 Å². The number of aryl methyl sites for hydroxylation is 1. The number of thiophene rings is 1. The molecule has 1 aromatic heterocycles. The van der Waals surface area contributed by atoms with E-state index in [9.17, 15) is 9.90 Å². The molecule has 0 saturated carbocycles. The Hall–Kier alpha value is -2.34. The summed E-state index contributed by atoms with van der Waals surface area (Å²) in [6, 6.07) is 5.61. The van der Waals surface area contributed by atoms with Crippen LogP contribution in [0.25, 0.3) is 0 Å². The number of anilines is 1. The number of hydrogen-bond donors (Lipinski definition) is 1. The summed E-state index contributed by atoms with van der Waals surface area (Å²) in [5, 5.41) is 11.1. The third-order valence-electron chi connectivity index (χ3n) is 5.10. The zero-order valence-corrected chi connectivity index (χ0v) is 17.6. The second-order valence-electron chi connectivity index (χ2n) is 6.79. The van der Waals surface area contributed by atoms with Gasteiger partial charge in [0.2, 0.25) is 0 Å². The van der Waals surface area contributed by atoms with Gasteiger partial charge >= 0.3 is 5.97 Å². The topological polar surface area (TPSA) is 62.1 Å². The van der Waals surface area contributed by atoms with Crippen LogP contribution in [0.4, 0.5) is 10.7 Å². The molecule has 0 fully saturated rings. The SMILES string of the molecule is CCOC(=O)c1c(N=Cc2ccc(N(CC)CC)cc2O)sc2c1CCCC2. The highest BCUT2D eigenvalue weighted by Crippen LogP contribution is 2.40. The molecule has 1 aliphatic rings. The van der Waals surface area contributed by atoms with Crippen LogP contribution in [0.3, 0.4) is 0 Å². The molecule has 28 heavy (non-hydrogen) atoms. The first kappa shape index (κ1) is 20.4. The fourth-order valence-electron chi connectivity index (χ4n) is 3.61. The van der Waals surface area contributed by atoms with Crippen LogP contribution in [0.2, 0.25) is 0 Å². The summed E-state index contributed by atoms with van der Waals surface area (Å²) in [5.41, 5.74) is 3.33. The fraction of sp³-hybridized carbons (Fsp3) is 0.455. The molecule has 0 saturated heterocycles. The molecular weight excluding hydrogens is 372 g/mol. The van der Waals surface area contributed by atoms with Gasteiger partial charge in [-0.15, -0.1) is 11.3 Å². The van der Waals surface area contributed by atoms with Crippen molar-refractivity contribution >= 4 is 34.2 Å². The Morgan fingerprint density at radius 1 is 1.25 bits per heavy atom. The minimum Gasteiger partial charge on any atom is -0.507 e. The number of phenols is 1. The molecule has 1 N–H and O–H groups in total. The summed E-state index contributed by atoms with van der Waals surface area (Å²) in [5.74, 6) is -0.109. The zero-order valence-electron chi connectivity index (χ0n) is 16.8. The lowest BCUT2D eigenvalue weighted by Crippen LogP contribution is -2.21. The van der Waals surface area contributed by atoms with Crippen molar-refractivity contribution in [3.05, 3.63) is 39.8 Å². The lowest BCUT2D eigenvalue weighted by Gasteiger charge is -2.21. The maximum Gasteiger partial charge on any atom is 0.341 e. The second-order valence-corrected chi connectivity index (χ2v) is 7.87. The van der Waals surface area contributed by atoms with Crippen molar-refractivity contribution in [2.24, 2.45) is 4.99 Å². The number of nitrogens with zero attached hydrogens (tertiary/aromatic N) is 2. The molecule has 150 valence electrons. The van der Waals surface area contributed by atoms with Crippen LogP contribution in [0.1, 0.15) is 60.0 Å². The van der Waals surface area contributed by atoms with Gasteiger partial charge in [0, 0.05) is 41.5 Å². The molecule has 0 bridgehead atoms. The number of rotatable bonds is 7. The highest BCUT2D eigenvalue weighted by atomic mass is 32.1. The highest BCUT2D eigenvalue weighted by Gasteiger charge is 2.26. The number of aromatic hydroxyl groups is 1. The number of hydrogen-bond acceptors (Lipinski definition) is 6. The monoisotopic (exact) mass is 400 g/mol. The summed E-state index contributed by atoms with van der Waals surface area (Å²) in [6.07, 6.45) is 5.77. The molecule has 1 heterocycles. The number of aliphatic imine (C=N–C) groups is 1. The summed E-state index contributed by atoms with van der Waals surface area (Å²) in [4.78, 5) is 20.5. The second kappa shape index (κ2) is 9.24. The van der Waals surface area contributed by atoms with Crippen molar-refractivity contribution in [3.63, 3.8) is 0 Å².